The van der Waals surface area contributed by atoms with Gasteiger partial charge in [0.2, 0.25) is 0 Å². The van der Waals surface area contributed by atoms with Crippen molar-refractivity contribution in [1.82, 2.24) is 5.32 Å². The Morgan fingerprint density at radius 3 is 2.27 bits per heavy atom. The highest BCUT2D eigenvalue weighted by Crippen LogP contribution is 2.13. The summed E-state index contributed by atoms with van der Waals surface area (Å²) in [7, 11) is 3.82. The fourth-order valence-corrected chi connectivity index (χ4v) is 2.30. The van der Waals surface area contributed by atoms with Crippen molar-refractivity contribution in [3.8, 4) is 0 Å². The lowest BCUT2D eigenvalue weighted by Gasteiger charge is -2.15. The number of hydrogen-bond donors (Lipinski definition) is 1. The van der Waals surface area contributed by atoms with Crippen molar-refractivity contribution in [2.45, 2.75) is 19.4 Å². The van der Waals surface area contributed by atoms with Gasteiger partial charge in [-0.2, -0.15) is 0 Å². The van der Waals surface area contributed by atoms with Crippen LogP contribution in [-0.2, 0) is 16.0 Å². The van der Waals surface area contributed by atoms with Crippen molar-refractivity contribution in [1.29, 1.82) is 0 Å². The van der Waals surface area contributed by atoms with Crippen molar-refractivity contribution in [3.05, 3.63) is 65.5 Å². The molecule has 0 saturated carbocycles. The van der Waals surface area contributed by atoms with Gasteiger partial charge in [0.25, 0.3) is 5.91 Å². The Labute approximate surface area is 152 Å². The average Bonchev–Trinajstić information content (AvgIpc) is 2.63. The lowest BCUT2D eigenvalue weighted by Crippen LogP contribution is -2.36. The molecule has 138 valence electrons. The molecule has 6 heteroatoms. The van der Waals surface area contributed by atoms with E-state index in [-0.39, 0.29) is 11.7 Å². The van der Waals surface area contributed by atoms with Crippen LogP contribution in [0.15, 0.2) is 48.5 Å². The lowest BCUT2D eigenvalue weighted by atomic mass is 10.1. The highest BCUT2D eigenvalue weighted by Gasteiger charge is 2.18. The molecule has 1 amide bonds. The SMILES string of the molecule is C[C@H](OC(=O)c1ccc(N(C)C)cc1)C(=O)NCCc1ccc(F)cc1. The Hall–Kier alpha value is -2.89. The largest absolute Gasteiger partial charge is 0.449 e. The highest BCUT2D eigenvalue weighted by molar-refractivity contribution is 5.92. The first-order valence-corrected chi connectivity index (χ1v) is 8.37. The van der Waals surface area contributed by atoms with Crippen LogP contribution in [0.1, 0.15) is 22.8 Å². The minimum atomic E-state index is -0.899. The number of carbonyl (C=O) groups is 2. The van der Waals surface area contributed by atoms with Crippen LogP contribution in [0.2, 0.25) is 0 Å². The molecule has 0 spiro atoms. The first kappa shape index (κ1) is 19.4. The van der Waals surface area contributed by atoms with E-state index in [0.717, 1.165) is 11.3 Å². The van der Waals surface area contributed by atoms with Crippen LogP contribution in [0.3, 0.4) is 0 Å². The molecule has 2 aromatic carbocycles. The molecule has 26 heavy (non-hydrogen) atoms. The summed E-state index contributed by atoms with van der Waals surface area (Å²) >= 11 is 0. The highest BCUT2D eigenvalue weighted by atomic mass is 19.1. The second-order valence-corrected chi connectivity index (χ2v) is 6.16. The van der Waals surface area contributed by atoms with E-state index < -0.39 is 12.1 Å². The number of amides is 1. The monoisotopic (exact) mass is 358 g/mol. The van der Waals surface area contributed by atoms with Crippen LogP contribution < -0.4 is 10.2 Å². The Kier molecular flexibility index (Phi) is 6.72. The number of esters is 1. The Balaban J connectivity index is 1.80. The average molecular weight is 358 g/mol. The van der Waals surface area contributed by atoms with Crippen molar-refractivity contribution in [3.63, 3.8) is 0 Å². The molecule has 0 aliphatic rings. The molecule has 2 rings (SSSR count). The third-order valence-electron chi connectivity index (χ3n) is 3.90. The second-order valence-electron chi connectivity index (χ2n) is 6.16. The number of hydrogen-bond acceptors (Lipinski definition) is 4. The Morgan fingerprint density at radius 2 is 1.69 bits per heavy atom. The van der Waals surface area contributed by atoms with Gasteiger partial charge >= 0.3 is 5.97 Å². The van der Waals surface area contributed by atoms with E-state index in [1.165, 1.54) is 19.1 Å². The summed E-state index contributed by atoms with van der Waals surface area (Å²) in [4.78, 5) is 26.1. The fourth-order valence-electron chi connectivity index (χ4n) is 2.30. The van der Waals surface area contributed by atoms with Crippen molar-refractivity contribution in [2.24, 2.45) is 0 Å². The van der Waals surface area contributed by atoms with E-state index in [4.69, 9.17) is 4.74 Å². The minimum Gasteiger partial charge on any atom is -0.449 e. The van der Waals surface area contributed by atoms with Crippen molar-refractivity contribution in [2.75, 3.05) is 25.5 Å². The first-order chi connectivity index (χ1) is 12.4. The third-order valence-corrected chi connectivity index (χ3v) is 3.90. The molecule has 0 fully saturated rings. The zero-order valence-corrected chi connectivity index (χ0v) is 15.2. The van der Waals surface area contributed by atoms with Crippen LogP contribution in [0, 0.1) is 5.82 Å². The fraction of sp³-hybridized carbons (Fsp3) is 0.300. The van der Waals surface area contributed by atoms with E-state index in [2.05, 4.69) is 5.32 Å². The third kappa shape index (κ3) is 5.58. The number of anilines is 1. The predicted octanol–water partition coefficient (Wildman–Crippen LogP) is 2.80. The lowest BCUT2D eigenvalue weighted by molar-refractivity contribution is -0.129. The molecule has 0 aliphatic heterocycles. The number of nitrogens with zero attached hydrogens (tertiary/aromatic N) is 1. The maximum Gasteiger partial charge on any atom is 0.338 e. The van der Waals surface area contributed by atoms with Gasteiger partial charge in [0.05, 0.1) is 5.56 Å². The number of rotatable bonds is 7. The number of nitrogens with one attached hydrogen (secondary N) is 1. The molecule has 0 bridgehead atoms. The maximum absolute atomic E-state index is 12.8. The molecule has 0 aliphatic carbocycles. The van der Waals surface area contributed by atoms with Crippen LogP contribution in [0.25, 0.3) is 0 Å². The topological polar surface area (TPSA) is 58.6 Å². The van der Waals surface area contributed by atoms with E-state index in [1.54, 1.807) is 24.3 Å². The smallest absolute Gasteiger partial charge is 0.338 e. The van der Waals surface area contributed by atoms with Gasteiger partial charge in [-0.3, -0.25) is 4.79 Å². The van der Waals surface area contributed by atoms with Crippen LogP contribution in [-0.4, -0.2) is 38.6 Å². The molecule has 0 unspecified atom stereocenters. The zero-order chi connectivity index (χ0) is 19.1. The summed E-state index contributed by atoms with van der Waals surface area (Å²) < 4.78 is 18.0. The molecular weight excluding hydrogens is 335 g/mol. The first-order valence-electron chi connectivity index (χ1n) is 8.37. The van der Waals surface area contributed by atoms with Crippen molar-refractivity contribution >= 4 is 17.6 Å². The zero-order valence-electron chi connectivity index (χ0n) is 15.2. The number of ether oxygens (including phenoxy) is 1. The van der Waals surface area contributed by atoms with Gasteiger partial charge in [-0.1, -0.05) is 12.1 Å². The van der Waals surface area contributed by atoms with E-state index in [1.807, 2.05) is 31.1 Å². The second kappa shape index (κ2) is 8.99. The number of benzene rings is 2. The van der Waals surface area contributed by atoms with Gasteiger partial charge in [0.15, 0.2) is 6.10 Å². The molecule has 0 aromatic heterocycles. The van der Waals surface area contributed by atoms with Gasteiger partial charge in [0.1, 0.15) is 5.82 Å². The standard InChI is InChI=1S/C20H23FN2O3/c1-14(19(24)22-13-12-15-4-8-17(21)9-5-15)26-20(25)16-6-10-18(11-7-16)23(2)3/h4-11,14H,12-13H2,1-3H3,(H,22,24)/t14-/m0/s1. The Morgan fingerprint density at radius 1 is 1.08 bits per heavy atom. The predicted molar refractivity (Wildman–Crippen MR) is 98.8 cm³/mol. The Bertz CT molecular complexity index is 743. The summed E-state index contributed by atoms with van der Waals surface area (Å²) in [6.45, 7) is 1.91. The van der Waals surface area contributed by atoms with Gasteiger partial charge in [-0.15, -0.1) is 0 Å². The van der Waals surface area contributed by atoms with Gasteiger partial charge < -0.3 is 15.0 Å². The summed E-state index contributed by atoms with van der Waals surface area (Å²) in [5, 5.41) is 2.71. The quantitative estimate of drug-likeness (QED) is 0.774. The molecule has 5 nitrogen and oxygen atoms in total. The van der Waals surface area contributed by atoms with Crippen molar-refractivity contribution < 1.29 is 18.7 Å². The van der Waals surface area contributed by atoms with Gasteiger partial charge in [0, 0.05) is 26.3 Å². The van der Waals surface area contributed by atoms with Gasteiger partial charge in [-0.25, -0.2) is 9.18 Å². The molecule has 0 saturated heterocycles. The molecule has 0 heterocycles. The molecule has 0 radical (unpaired) electrons. The molecule has 1 atom stereocenters. The molecular formula is C20H23FN2O3. The summed E-state index contributed by atoms with van der Waals surface area (Å²) in [5.74, 6) is -1.21. The van der Waals surface area contributed by atoms with Gasteiger partial charge in [-0.05, 0) is 55.3 Å². The van der Waals surface area contributed by atoms with E-state index in [9.17, 15) is 14.0 Å². The van der Waals surface area contributed by atoms with Crippen LogP contribution >= 0.6 is 0 Å². The summed E-state index contributed by atoms with van der Waals surface area (Å²) in [6.07, 6.45) is -0.331. The maximum atomic E-state index is 12.8. The van der Waals surface area contributed by atoms with E-state index >= 15 is 0 Å². The number of carbonyl (C=O) groups excluding carboxylic acids is 2. The van der Waals surface area contributed by atoms with Crippen LogP contribution in [0.5, 0.6) is 0 Å². The van der Waals surface area contributed by atoms with E-state index in [0.29, 0.717) is 18.5 Å². The number of halogens is 1. The minimum absolute atomic E-state index is 0.295. The molecule has 2 aromatic rings. The summed E-state index contributed by atoms with van der Waals surface area (Å²) in [5.41, 5.74) is 2.27. The molecule has 1 N–H and O–H groups in total. The summed E-state index contributed by atoms with van der Waals surface area (Å²) in [6, 6.07) is 13.0. The van der Waals surface area contributed by atoms with Crippen LogP contribution in [0.4, 0.5) is 10.1 Å². The normalized spacial score (nSPS) is 11.5.